The minimum absolute atomic E-state index is 0.877. The highest BCUT2D eigenvalue weighted by Gasteiger charge is 2.28. The summed E-state index contributed by atoms with van der Waals surface area (Å²) in [5.41, 5.74) is 0. The Kier molecular flexibility index (Phi) is 3.23. The van der Waals surface area contributed by atoms with Crippen LogP contribution in [0.5, 0.6) is 0 Å². The van der Waals surface area contributed by atoms with Gasteiger partial charge in [-0.3, -0.25) is 4.90 Å². The van der Waals surface area contributed by atoms with Crippen molar-refractivity contribution in [2.75, 3.05) is 19.6 Å². The van der Waals surface area contributed by atoms with Gasteiger partial charge in [0.25, 0.3) is 0 Å². The fourth-order valence-corrected chi connectivity index (χ4v) is 1.90. The summed E-state index contributed by atoms with van der Waals surface area (Å²) in [7, 11) is 0. The molecule has 0 heterocycles. The average Bonchev–Trinajstić information content (AvgIpc) is 2.98. The molecule has 0 aromatic carbocycles. The standard InChI is InChI=1S/C11H22N2/c1-2-8-13(11-5-6-11)9-7-12-10-3-4-10/h10-12H,2-9H2,1H3. The van der Waals surface area contributed by atoms with Gasteiger partial charge >= 0.3 is 0 Å². The van der Waals surface area contributed by atoms with Crippen molar-refractivity contribution >= 4 is 0 Å². The van der Waals surface area contributed by atoms with Gasteiger partial charge in [0.2, 0.25) is 0 Å². The van der Waals surface area contributed by atoms with Gasteiger partial charge in [-0.05, 0) is 38.6 Å². The predicted octanol–water partition coefficient (Wildman–Crippen LogP) is 1.61. The average molecular weight is 182 g/mol. The smallest absolute Gasteiger partial charge is 0.0110 e. The Bertz CT molecular complexity index is 150. The van der Waals surface area contributed by atoms with Crippen molar-refractivity contribution in [3.05, 3.63) is 0 Å². The Hall–Kier alpha value is -0.0800. The van der Waals surface area contributed by atoms with E-state index in [9.17, 15) is 0 Å². The molecule has 0 radical (unpaired) electrons. The molecule has 0 bridgehead atoms. The fourth-order valence-electron chi connectivity index (χ4n) is 1.90. The van der Waals surface area contributed by atoms with E-state index in [1.165, 1.54) is 51.7 Å². The lowest BCUT2D eigenvalue weighted by atomic mass is 10.4. The molecule has 0 unspecified atom stereocenters. The molecule has 1 N–H and O–H groups in total. The van der Waals surface area contributed by atoms with E-state index in [0.29, 0.717) is 0 Å². The second-order valence-electron chi connectivity index (χ2n) is 4.50. The highest BCUT2D eigenvalue weighted by molar-refractivity contribution is 4.86. The van der Waals surface area contributed by atoms with Gasteiger partial charge in [-0.2, -0.15) is 0 Å². The van der Waals surface area contributed by atoms with Crippen LogP contribution in [0.2, 0.25) is 0 Å². The van der Waals surface area contributed by atoms with Crippen LogP contribution < -0.4 is 5.32 Å². The third-order valence-electron chi connectivity index (χ3n) is 2.98. The van der Waals surface area contributed by atoms with E-state index in [0.717, 1.165) is 12.1 Å². The van der Waals surface area contributed by atoms with Crippen molar-refractivity contribution in [3.63, 3.8) is 0 Å². The first-order chi connectivity index (χ1) is 6.40. The summed E-state index contributed by atoms with van der Waals surface area (Å²) in [6.07, 6.45) is 7.03. The predicted molar refractivity (Wildman–Crippen MR) is 55.9 cm³/mol. The molecule has 0 saturated heterocycles. The zero-order valence-corrected chi connectivity index (χ0v) is 8.76. The van der Waals surface area contributed by atoms with E-state index in [2.05, 4.69) is 17.1 Å². The lowest BCUT2D eigenvalue weighted by Crippen LogP contribution is -2.35. The third kappa shape index (κ3) is 3.28. The van der Waals surface area contributed by atoms with Crippen LogP contribution in [-0.4, -0.2) is 36.6 Å². The zero-order valence-electron chi connectivity index (χ0n) is 8.76. The van der Waals surface area contributed by atoms with Gasteiger partial charge in [0, 0.05) is 25.2 Å². The van der Waals surface area contributed by atoms with Gasteiger partial charge in [0.15, 0.2) is 0 Å². The van der Waals surface area contributed by atoms with Crippen LogP contribution in [0.1, 0.15) is 39.0 Å². The van der Waals surface area contributed by atoms with Crippen molar-refractivity contribution in [1.29, 1.82) is 0 Å². The lowest BCUT2D eigenvalue weighted by Gasteiger charge is -2.21. The molecule has 2 aliphatic rings. The molecule has 2 heteroatoms. The number of nitrogens with zero attached hydrogens (tertiary/aromatic N) is 1. The van der Waals surface area contributed by atoms with Gasteiger partial charge < -0.3 is 5.32 Å². The van der Waals surface area contributed by atoms with E-state index < -0.39 is 0 Å². The first-order valence-corrected chi connectivity index (χ1v) is 5.87. The SMILES string of the molecule is CCCN(CCNC1CC1)C1CC1. The normalized spacial score (nSPS) is 22.6. The van der Waals surface area contributed by atoms with Gasteiger partial charge in [-0.1, -0.05) is 6.92 Å². The number of rotatable bonds is 7. The van der Waals surface area contributed by atoms with Gasteiger partial charge in [-0.25, -0.2) is 0 Å². The molecule has 0 aromatic rings. The molecular weight excluding hydrogens is 160 g/mol. The van der Waals surface area contributed by atoms with Crippen LogP contribution in [0.3, 0.4) is 0 Å². The Labute approximate surface area is 81.7 Å². The molecule has 0 aliphatic heterocycles. The topological polar surface area (TPSA) is 15.3 Å². The molecular formula is C11H22N2. The highest BCUT2D eigenvalue weighted by Crippen LogP contribution is 2.26. The van der Waals surface area contributed by atoms with Crippen LogP contribution >= 0.6 is 0 Å². The van der Waals surface area contributed by atoms with E-state index in [4.69, 9.17) is 0 Å². The molecule has 2 rings (SSSR count). The van der Waals surface area contributed by atoms with Crippen LogP contribution in [0, 0.1) is 0 Å². The lowest BCUT2D eigenvalue weighted by molar-refractivity contribution is 0.263. The Morgan fingerprint density at radius 3 is 2.46 bits per heavy atom. The van der Waals surface area contributed by atoms with E-state index in [1.807, 2.05) is 0 Å². The minimum Gasteiger partial charge on any atom is -0.313 e. The zero-order chi connectivity index (χ0) is 9.10. The molecule has 2 fully saturated rings. The van der Waals surface area contributed by atoms with Crippen molar-refractivity contribution in [1.82, 2.24) is 10.2 Å². The molecule has 0 amide bonds. The Morgan fingerprint density at radius 2 is 1.92 bits per heavy atom. The van der Waals surface area contributed by atoms with Crippen LogP contribution in [0.15, 0.2) is 0 Å². The molecule has 2 saturated carbocycles. The number of hydrogen-bond acceptors (Lipinski definition) is 2. The summed E-state index contributed by atoms with van der Waals surface area (Å²) in [5.74, 6) is 0. The maximum Gasteiger partial charge on any atom is 0.0110 e. The molecule has 2 nitrogen and oxygen atoms in total. The van der Waals surface area contributed by atoms with Crippen molar-refractivity contribution < 1.29 is 0 Å². The monoisotopic (exact) mass is 182 g/mol. The maximum absolute atomic E-state index is 3.59. The second-order valence-corrected chi connectivity index (χ2v) is 4.50. The highest BCUT2D eigenvalue weighted by atomic mass is 15.2. The molecule has 13 heavy (non-hydrogen) atoms. The summed E-state index contributed by atoms with van der Waals surface area (Å²) in [6, 6.07) is 1.82. The molecule has 76 valence electrons. The first-order valence-electron chi connectivity index (χ1n) is 5.87. The molecule has 0 atom stereocenters. The fraction of sp³-hybridized carbons (Fsp3) is 1.00. The minimum atomic E-state index is 0.877. The van der Waals surface area contributed by atoms with E-state index in [-0.39, 0.29) is 0 Å². The maximum atomic E-state index is 3.59. The summed E-state index contributed by atoms with van der Waals surface area (Å²) in [5, 5.41) is 3.59. The quantitative estimate of drug-likeness (QED) is 0.643. The first kappa shape index (κ1) is 9.47. The van der Waals surface area contributed by atoms with Crippen LogP contribution in [0.4, 0.5) is 0 Å². The van der Waals surface area contributed by atoms with Crippen molar-refractivity contribution in [3.8, 4) is 0 Å². The molecule has 2 aliphatic carbocycles. The second kappa shape index (κ2) is 4.43. The van der Waals surface area contributed by atoms with Crippen molar-refractivity contribution in [2.45, 2.75) is 51.1 Å². The van der Waals surface area contributed by atoms with E-state index in [1.54, 1.807) is 0 Å². The van der Waals surface area contributed by atoms with Gasteiger partial charge in [0.1, 0.15) is 0 Å². The summed E-state index contributed by atoms with van der Waals surface area (Å²) < 4.78 is 0. The Morgan fingerprint density at radius 1 is 1.15 bits per heavy atom. The van der Waals surface area contributed by atoms with Gasteiger partial charge in [-0.15, -0.1) is 0 Å². The molecule has 0 spiro atoms. The third-order valence-corrected chi connectivity index (χ3v) is 2.98. The van der Waals surface area contributed by atoms with Crippen LogP contribution in [0.25, 0.3) is 0 Å². The van der Waals surface area contributed by atoms with E-state index >= 15 is 0 Å². The Balaban J connectivity index is 1.57. The largest absolute Gasteiger partial charge is 0.313 e. The molecule has 0 aromatic heterocycles. The number of nitrogens with one attached hydrogen (secondary N) is 1. The van der Waals surface area contributed by atoms with Gasteiger partial charge in [0.05, 0.1) is 0 Å². The van der Waals surface area contributed by atoms with Crippen LogP contribution in [-0.2, 0) is 0 Å². The summed E-state index contributed by atoms with van der Waals surface area (Å²) in [4.78, 5) is 2.66. The summed E-state index contributed by atoms with van der Waals surface area (Å²) in [6.45, 7) is 6.07. The summed E-state index contributed by atoms with van der Waals surface area (Å²) >= 11 is 0. The number of hydrogen-bond donors (Lipinski definition) is 1. The van der Waals surface area contributed by atoms with Crippen molar-refractivity contribution in [2.24, 2.45) is 0 Å².